The number of carbonyl (C=O) groups is 2. The molecule has 6 nitrogen and oxygen atoms in total. The van der Waals surface area contributed by atoms with Gasteiger partial charge in [-0.25, -0.2) is 0 Å². The number of anilines is 1. The molecule has 0 radical (unpaired) electrons. The highest BCUT2D eigenvalue weighted by Gasteiger charge is 2.47. The summed E-state index contributed by atoms with van der Waals surface area (Å²) in [5.41, 5.74) is 1.32. The van der Waals surface area contributed by atoms with Gasteiger partial charge in [0.25, 0.3) is 5.91 Å². The average Bonchev–Trinajstić information content (AvgIpc) is 3.26. The van der Waals surface area contributed by atoms with Crippen LogP contribution in [0.4, 0.5) is 5.69 Å². The lowest BCUT2D eigenvalue weighted by atomic mass is 9.84. The monoisotopic (exact) mass is 441 g/mol. The molecular weight excluding hydrogens is 414 g/mol. The van der Waals surface area contributed by atoms with Crippen LogP contribution in [-0.2, 0) is 4.79 Å². The lowest BCUT2D eigenvalue weighted by Crippen LogP contribution is -2.47. The second-order valence-electron chi connectivity index (χ2n) is 8.74. The number of nitrogens with one attached hydrogen (secondary N) is 1. The molecule has 33 heavy (non-hydrogen) atoms. The molecule has 0 bridgehead atoms. The summed E-state index contributed by atoms with van der Waals surface area (Å²) in [6.45, 7) is 0. The number of likely N-dealkylation sites (tertiary alicyclic amines) is 1. The quantitative estimate of drug-likeness (QED) is 0.584. The zero-order chi connectivity index (χ0) is 22.6. The second kappa shape index (κ2) is 9.45. The Labute approximate surface area is 193 Å². The smallest absolute Gasteiger partial charge is 0.254 e. The van der Waals surface area contributed by atoms with Crippen LogP contribution in [0.5, 0.6) is 11.5 Å². The minimum atomic E-state index is -0.460. The van der Waals surface area contributed by atoms with Crippen LogP contribution in [0.2, 0.25) is 0 Å². The highest BCUT2D eigenvalue weighted by Crippen LogP contribution is 2.41. The van der Waals surface area contributed by atoms with Gasteiger partial charge in [-0.05, 0) is 73.7 Å². The van der Waals surface area contributed by atoms with Crippen LogP contribution in [-0.4, -0.2) is 33.8 Å². The predicted molar refractivity (Wildman–Crippen MR) is 126 cm³/mol. The fourth-order valence-electron chi connectivity index (χ4n) is 5.09. The minimum absolute atomic E-state index is 0.0498. The number of ether oxygens (including phenoxy) is 1. The molecular formula is C27H27N3O3. The maximum atomic E-state index is 13.4. The van der Waals surface area contributed by atoms with Crippen LogP contribution < -0.4 is 10.1 Å². The fraction of sp³-hybridized carbons (Fsp3) is 0.296. The van der Waals surface area contributed by atoms with Gasteiger partial charge in [0.1, 0.15) is 17.5 Å². The third-order valence-electron chi connectivity index (χ3n) is 6.65. The molecule has 168 valence electrons. The van der Waals surface area contributed by atoms with E-state index in [1.165, 1.54) is 6.42 Å². The summed E-state index contributed by atoms with van der Waals surface area (Å²) < 4.78 is 5.79. The van der Waals surface area contributed by atoms with Gasteiger partial charge in [0.05, 0.1) is 0 Å². The van der Waals surface area contributed by atoms with E-state index in [9.17, 15) is 9.59 Å². The molecule has 2 aliphatic rings. The van der Waals surface area contributed by atoms with Crippen LogP contribution in [0.3, 0.4) is 0 Å². The summed E-state index contributed by atoms with van der Waals surface area (Å²) in [6, 6.07) is 19.8. The number of pyridine rings is 1. The largest absolute Gasteiger partial charge is 0.457 e. The van der Waals surface area contributed by atoms with E-state index >= 15 is 0 Å². The summed E-state index contributed by atoms with van der Waals surface area (Å²) in [7, 11) is 0. The molecule has 0 spiro atoms. The first-order chi connectivity index (χ1) is 16.2. The SMILES string of the molecule is O=C(Nc1ccc(Oc2ccncc2)cc1)C1CC2CCCCC2N1C(=O)c1ccccc1. The molecule has 2 fully saturated rings. The number of fused-ring (bicyclic) bond motifs is 1. The van der Waals surface area contributed by atoms with E-state index in [4.69, 9.17) is 4.74 Å². The third kappa shape index (κ3) is 4.60. The fourth-order valence-corrected chi connectivity index (χ4v) is 5.09. The van der Waals surface area contributed by atoms with Crippen LogP contribution in [0, 0.1) is 5.92 Å². The Morgan fingerprint density at radius 1 is 0.879 bits per heavy atom. The van der Waals surface area contributed by atoms with Crippen molar-refractivity contribution in [1.29, 1.82) is 0 Å². The van der Waals surface area contributed by atoms with E-state index in [2.05, 4.69) is 10.3 Å². The number of benzene rings is 2. The highest BCUT2D eigenvalue weighted by atomic mass is 16.5. The zero-order valence-corrected chi connectivity index (χ0v) is 18.4. The van der Waals surface area contributed by atoms with Crippen molar-refractivity contribution in [2.45, 2.75) is 44.2 Å². The van der Waals surface area contributed by atoms with E-state index in [0.717, 1.165) is 25.7 Å². The topological polar surface area (TPSA) is 71.5 Å². The number of carbonyl (C=O) groups excluding carboxylic acids is 2. The molecule has 2 heterocycles. The molecule has 1 aromatic heterocycles. The Balaban J connectivity index is 1.31. The first-order valence-corrected chi connectivity index (χ1v) is 11.6. The van der Waals surface area contributed by atoms with E-state index in [1.807, 2.05) is 59.5 Å². The van der Waals surface area contributed by atoms with E-state index < -0.39 is 6.04 Å². The van der Waals surface area contributed by atoms with E-state index in [-0.39, 0.29) is 17.9 Å². The van der Waals surface area contributed by atoms with E-state index in [0.29, 0.717) is 28.7 Å². The zero-order valence-electron chi connectivity index (χ0n) is 18.4. The van der Waals surface area contributed by atoms with Gasteiger partial charge in [-0.15, -0.1) is 0 Å². The maximum Gasteiger partial charge on any atom is 0.254 e. The number of nitrogens with zero attached hydrogens (tertiary/aromatic N) is 2. The first kappa shape index (κ1) is 21.2. The second-order valence-corrected chi connectivity index (χ2v) is 8.74. The van der Waals surface area contributed by atoms with E-state index in [1.54, 1.807) is 24.5 Å². The first-order valence-electron chi connectivity index (χ1n) is 11.6. The normalized spacial score (nSPS) is 21.8. The Bertz CT molecular complexity index is 1100. The van der Waals surface area contributed by atoms with Gasteiger partial charge in [0, 0.05) is 29.7 Å². The number of amides is 2. The molecule has 3 aromatic rings. The molecule has 1 aliphatic carbocycles. The van der Waals surface area contributed by atoms with Crippen molar-refractivity contribution in [3.05, 3.63) is 84.7 Å². The molecule has 5 rings (SSSR count). The van der Waals surface area contributed by atoms with Crippen molar-refractivity contribution >= 4 is 17.5 Å². The molecule has 1 aliphatic heterocycles. The Kier molecular flexibility index (Phi) is 6.07. The Morgan fingerprint density at radius 2 is 1.58 bits per heavy atom. The van der Waals surface area contributed by atoms with Crippen molar-refractivity contribution < 1.29 is 14.3 Å². The summed E-state index contributed by atoms with van der Waals surface area (Å²) in [5.74, 6) is 1.58. The van der Waals surface area contributed by atoms with Gasteiger partial charge in [-0.3, -0.25) is 14.6 Å². The molecule has 1 saturated carbocycles. The number of hydrogen-bond donors (Lipinski definition) is 1. The predicted octanol–water partition coefficient (Wildman–Crippen LogP) is 5.29. The van der Waals surface area contributed by atoms with Gasteiger partial charge < -0.3 is 15.0 Å². The molecule has 1 saturated heterocycles. The van der Waals surface area contributed by atoms with Gasteiger partial charge in [-0.1, -0.05) is 31.0 Å². The lowest BCUT2D eigenvalue weighted by Gasteiger charge is -2.33. The third-order valence-corrected chi connectivity index (χ3v) is 6.65. The Hall–Kier alpha value is -3.67. The summed E-state index contributed by atoms with van der Waals surface area (Å²) in [6.07, 6.45) is 8.38. The highest BCUT2D eigenvalue weighted by molar-refractivity contribution is 6.01. The molecule has 3 unspecified atom stereocenters. The average molecular weight is 442 g/mol. The molecule has 3 atom stereocenters. The van der Waals surface area contributed by atoms with Crippen LogP contribution in [0.15, 0.2) is 79.1 Å². The number of rotatable bonds is 5. The molecule has 1 N–H and O–H groups in total. The molecule has 2 amide bonds. The van der Waals surface area contributed by atoms with Crippen molar-refractivity contribution in [3.63, 3.8) is 0 Å². The molecule has 6 heteroatoms. The summed E-state index contributed by atoms with van der Waals surface area (Å²) in [4.78, 5) is 32.6. The molecule has 2 aromatic carbocycles. The van der Waals surface area contributed by atoms with Gasteiger partial charge >= 0.3 is 0 Å². The summed E-state index contributed by atoms with van der Waals surface area (Å²) in [5, 5.41) is 3.02. The lowest BCUT2D eigenvalue weighted by molar-refractivity contribution is -0.120. The minimum Gasteiger partial charge on any atom is -0.457 e. The van der Waals surface area contributed by atoms with Crippen LogP contribution in [0.25, 0.3) is 0 Å². The van der Waals surface area contributed by atoms with Gasteiger partial charge in [0.15, 0.2) is 0 Å². The van der Waals surface area contributed by atoms with Crippen molar-refractivity contribution in [2.24, 2.45) is 5.92 Å². The standard InChI is InChI=1S/C27H27N3O3/c31-26(29-21-10-12-22(13-11-21)33-23-14-16-28-17-15-23)25-18-20-8-4-5-9-24(20)30(25)27(32)19-6-2-1-3-7-19/h1-3,6-7,10-17,20,24-25H,4-5,8-9,18H2,(H,29,31). The van der Waals surface area contributed by atoms with Crippen LogP contribution in [0.1, 0.15) is 42.5 Å². The van der Waals surface area contributed by atoms with Crippen molar-refractivity contribution in [2.75, 3.05) is 5.32 Å². The number of aromatic nitrogens is 1. The number of hydrogen-bond acceptors (Lipinski definition) is 4. The van der Waals surface area contributed by atoms with Gasteiger partial charge in [-0.2, -0.15) is 0 Å². The van der Waals surface area contributed by atoms with Crippen molar-refractivity contribution in [3.8, 4) is 11.5 Å². The summed E-state index contributed by atoms with van der Waals surface area (Å²) >= 11 is 0. The van der Waals surface area contributed by atoms with Crippen LogP contribution >= 0.6 is 0 Å². The van der Waals surface area contributed by atoms with Gasteiger partial charge in [0.2, 0.25) is 5.91 Å². The van der Waals surface area contributed by atoms with Crippen molar-refractivity contribution in [1.82, 2.24) is 9.88 Å². The Morgan fingerprint density at radius 3 is 2.33 bits per heavy atom. The maximum absolute atomic E-state index is 13.4.